The number of ether oxygens (including phenoxy) is 1. The lowest BCUT2D eigenvalue weighted by Gasteiger charge is -2.17. The van der Waals surface area contributed by atoms with Gasteiger partial charge < -0.3 is 15.2 Å². The maximum absolute atomic E-state index is 11.6. The monoisotopic (exact) mass is 296 g/mol. The largest absolute Gasteiger partial charge is 0.484 e. The second-order valence-corrected chi connectivity index (χ2v) is 4.67. The van der Waals surface area contributed by atoms with E-state index >= 15 is 0 Å². The summed E-state index contributed by atoms with van der Waals surface area (Å²) >= 11 is 0. The van der Waals surface area contributed by atoms with Crippen molar-refractivity contribution in [2.24, 2.45) is 5.92 Å². The number of carboxylic acids is 1. The molecule has 0 fully saturated rings. The van der Waals surface area contributed by atoms with Crippen molar-refractivity contribution < 1.29 is 24.4 Å². The zero-order valence-electron chi connectivity index (χ0n) is 11.6. The Morgan fingerprint density at radius 3 is 2.62 bits per heavy atom. The van der Waals surface area contributed by atoms with E-state index in [0.29, 0.717) is 0 Å². The second kappa shape index (κ2) is 7.22. The number of nitrogens with zero attached hydrogens (tertiary/aromatic N) is 1. The Bertz CT molecular complexity index is 543. The van der Waals surface area contributed by atoms with E-state index < -0.39 is 29.4 Å². The summed E-state index contributed by atoms with van der Waals surface area (Å²) in [5.74, 6) is -1.85. The molecule has 0 radical (unpaired) electrons. The number of hydrogen-bond acceptors (Lipinski definition) is 5. The number of benzene rings is 1. The van der Waals surface area contributed by atoms with Crippen LogP contribution in [0, 0.1) is 16.0 Å². The molecule has 0 aliphatic rings. The number of carboxylic acid groups (broad SMARTS) is 1. The molecule has 21 heavy (non-hydrogen) atoms. The Kier molecular flexibility index (Phi) is 5.65. The van der Waals surface area contributed by atoms with Crippen LogP contribution in [0.1, 0.15) is 13.8 Å². The summed E-state index contributed by atoms with van der Waals surface area (Å²) < 4.78 is 5.11. The lowest BCUT2D eigenvalue weighted by molar-refractivity contribution is -0.384. The number of non-ortho nitro benzene ring substituents is 1. The van der Waals surface area contributed by atoms with Crippen LogP contribution in [0.15, 0.2) is 24.3 Å². The topological polar surface area (TPSA) is 119 Å². The molecule has 1 amide bonds. The number of rotatable bonds is 7. The van der Waals surface area contributed by atoms with Crippen LogP contribution in [0.5, 0.6) is 5.75 Å². The summed E-state index contributed by atoms with van der Waals surface area (Å²) in [6.07, 6.45) is 0. The van der Waals surface area contributed by atoms with Crippen molar-refractivity contribution in [3.05, 3.63) is 34.4 Å². The second-order valence-electron chi connectivity index (χ2n) is 4.67. The number of hydrogen-bond donors (Lipinski definition) is 2. The van der Waals surface area contributed by atoms with Gasteiger partial charge in [0, 0.05) is 6.07 Å². The summed E-state index contributed by atoms with van der Waals surface area (Å²) in [7, 11) is 0. The highest BCUT2D eigenvalue weighted by Crippen LogP contribution is 2.18. The summed E-state index contributed by atoms with van der Waals surface area (Å²) in [4.78, 5) is 32.6. The lowest BCUT2D eigenvalue weighted by atomic mass is 10.1. The standard InChI is InChI=1S/C13H16N2O6/c1-8(2)12(13(17)18)14-11(16)7-21-10-5-3-4-9(6-10)15(19)20/h3-6,8,12H,7H2,1-2H3,(H,14,16)(H,17,18). The Morgan fingerprint density at radius 1 is 1.43 bits per heavy atom. The summed E-state index contributed by atoms with van der Waals surface area (Å²) in [6.45, 7) is 2.92. The van der Waals surface area contributed by atoms with Crippen LogP contribution in [-0.4, -0.2) is 34.6 Å². The van der Waals surface area contributed by atoms with Gasteiger partial charge in [-0.25, -0.2) is 4.79 Å². The van der Waals surface area contributed by atoms with Gasteiger partial charge in [-0.2, -0.15) is 0 Å². The maximum Gasteiger partial charge on any atom is 0.326 e. The van der Waals surface area contributed by atoms with E-state index in [1.54, 1.807) is 13.8 Å². The highest BCUT2D eigenvalue weighted by molar-refractivity contribution is 5.84. The summed E-state index contributed by atoms with van der Waals surface area (Å²) in [5, 5.41) is 21.9. The molecule has 1 unspecified atom stereocenters. The van der Waals surface area contributed by atoms with E-state index in [1.165, 1.54) is 24.3 Å². The van der Waals surface area contributed by atoms with Gasteiger partial charge in [-0.05, 0) is 12.0 Å². The molecule has 114 valence electrons. The Labute approximate surface area is 120 Å². The number of nitro groups is 1. The van der Waals surface area contributed by atoms with Crippen molar-refractivity contribution in [3.63, 3.8) is 0 Å². The average molecular weight is 296 g/mol. The molecule has 8 nitrogen and oxygen atoms in total. The number of nitro benzene ring substituents is 1. The van der Waals surface area contributed by atoms with E-state index in [2.05, 4.69) is 5.32 Å². The van der Waals surface area contributed by atoms with Gasteiger partial charge >= 0.3 is 5.97 Å². The van der Waals surface area contributed by atoms with Gasteiger partial charge in [0.25, 0.3) is 11.6 Å². The van der Waals surface area contributed by atoms with Gasteiger partial charge in [0.1, 0.15) is 11.8 Å². The predicted molar refractivity (Wildman–Crippen MR) is 73.0 cm³/mol. The van der Waals surface area contributed by atoms with Crippen molar-refractivity contribution >= 4 is 17.6 Å². The van der Waals surface area contributed by atoms with E-state index in [4.69, 9.17) is 9.84 Å². The van der Waals surface area contributed by atoms with Crippen molar-refractivity contribution in [2.45, 2.75) is 19.9 Å². The third-order valence-electron chi connectivity index (χ3n) is 2.65. The van der Waals surface area contributed by atoms with Crippen LogP contribution in [0.2, 0.25) is 0 Å². The minimum atomic E-state index is -1.13. The van der Waals surface area contributed by atoms with Crippen LogP contribution in [-0.2, 0) is 9.59 Å². The summed E-state index contributed by atoms with van der Waals surface area (Å²) in [6, 6.07) is 4.37. The van der Waals surface area contributed by atoms with Crippen LogP contribution >= 0.6 is 0 Å². The molecule has 0 aliphatic carbocycles. The summed E-state index contributed by atoms with van der Waals surface area (Å²) in [5.41, 5.74) is -0.154. The van der Waals surface area contributed by atoms with Crippen LogP contribution < -0.4 is 10.1 Å². The Hall–Kier alpha value is -2.64. The molecule has 0 saturated heterocycles. The van der Waals surface area contributed by atoms with Gasteiger partial charge in [0.05, 0.1) is 11.0 Å². The van der Waals surface area contributed by atoms with Crippen LogP contribution in [0.25, 0.3) is 0 Å². The molecule has 0 spiro atoms. The third kappa shape index (κ3) is 5.09. The maximum atomic E-state index is 11.6. The van der Waals surface area contributed by atoms with E-state index in [1.807, 2.05) is 0 Å². The molecule has 0 heterocycles. The fraction of sp³-hybridized carbons (Fsp3) is 0.385. The van der Waals surface area contributed by atoms with E-state index in [9.17, 15) is 19.7 Å². The third-order valence-corrected chi connectivity index (χ3v) is 2.65. The fourth-order valence-corrected chi connectivity index (χ4v) is 1.56. The first-order chi connectivity index (χ1) is 9.81. The first-order valence-electron chi connectivity index (χ1n) is 6.20. The number of amides is 1. The molecule has 1 aromatic rings. The molecule has 1 aromatic carbocycles. The Balaban J connectivity index is 2.58. The van der Waals surface area contributed by atoms with Gasteiger partial charge in [-0.15, -0.1) is 0 Å². The molecule has 2 N–H and O–H groups in total. The zero-order chi connectivity index (χ0) is 16.0. The molecule has 1 rings (SSSR count). The highest BCUT2D eigenvalue weighted by Gasteiger charge is 2.23. The Morgan fingerprint density at radius 2 is 2.10 bits per heavy atom. The molecule has 0 aromatic heterocycles. The predicted octanol–water partition coefficient (Wildman–Crippen LogP) is 1.20. The first kappa shape index (κ1) is 16.4. The van der Waals surface area contributed by atoms with Crippen molar-refractivity contribution in [2.75, 3.05) is 6.61 Å². The first-order valence-corrected chi connectivity index (χ1v) is 6.20. The fourth-order valence-electron chi connectivity index (χ4n) is 1.56. The minimum absolute atomic E-state index is 0.154. The highest BCUT2D eigenvalue weighted by atomic mass is 16.6. The van der Waals surface area contributed by atoms with Gasteiger partial charge in [0.15, 0.2) is 6.61 Å². The van der Waals surface area contributed by atoms with Crippen LogP contribution in [0.4, 0.5) is 5.69 Å². The minimum Gasteiger partial charge on any atom is -0.484 e. The normalized spacial score (nSPS) is 11.8. The van der Waals surface area contributed by atoms with Crippen LogP contribution in [0.3, 0.4) is 0 Å². The average Bonchev–Trinajstić information content (AvgIpc) is 2.42. The molecule has 0 aliphatic heterocycles. The molecular weight excluding hydrogens is 280 g/mol. The number of carbonyl (C=O) groups excluding carboxylic acids is 1. The molecule has 0 saturated carbocycles. The molecular formula is C13H16N2O6. The zero-order valence-corrected chi connectivity index (χ0v) is 11.6. The van der Waals surface area contributed by atoms with E-state index in [-0.39, 0.29) is 17.4 Å². The molecule has 1 atom stereocenters. The van der Waals surface area contributed by atoms with Gasteiger partial charge in [-0.1, -0.05) is 19.9 Å². The van der Waals surface area contributed by atoms with Crippen molar-refractivity contribution in [3.8, 4) is 5.75 Å². The van der Waals surface area contributed by atoms with E-state index in [0.717, 1.165) is 0 Å². The van der Waals surface area contributed by atoms with Crippen molar-refractivity contribution in [1.82, 2.24) is 5.32 Å². The SMILES string of the molecule is CC(C)C(NC(=O)COc1cccc([N+](=O)[O-])c1)C(=O)O. The smallest absolute Gasteiger partial charge is 0.326 e. The number of carbonyl (C=O) groups is 2. The quantitative estimate of drug-likeness (QED) is 0.576. The van der Waals surface area contributed by atoms with Gasteiger partial charge in [-0.3, -0.25) is 14.9 Å². The van der Waals surface area contributed by atoms with Gasteiger partial charge in [0.2, 0.25) is 0 Å². The van der Waals surface area contributed by atoms with Crippen molar-refractivity contribution in [1.29, 1.82) is 0 Å². The lowest BCUT2D eigenvalue weighted by Crippen LogP contribution is -2.46. The molecule has 0 bridgehead atoms. The molecule has 8 heteroatoms. The number of nitrogens with one attached hydrogen (secondary N) is 1. The number of aliphatic carboxylic acids is 1.